The zero-order valence-electron chi connectivity index (χ0n) is 12.8. The highest BCUT2D eigenvalue weighted by Crippen LogP contribution is 2.53. The highest BCUT2D eigenvalue weighted by Gasteiger charge is 2.52. The quantitative estimate of drug-likeness (QED) is 0.780. The van der Waals surface area contributed by atoms with Gasteiger partial charge in [-0.3, -0.25) is 0 Å². The highest BCUT2D eigenvalue weighted by molar-refractivity contribution is 9.10. The molecule has 1 fully saturated rings. The number of hydrogen-bond acceptors (Lipinski definition) is 5. The van der Waals surface area contributed by atoms with Crippen molar-refractivity contribution in [3.63, 3.8) is 0 Å². The third-order valence-corrected chi connectivity index (χ3v) is 5.31. The van der Waals surface area contributed by atoms with Crippen LogP contribution in [0.25, 0.3) is 0 Å². The van der Waals surface area contributed by atoms with Crippen LogP contribution in [-0.2, 0) is 4.74 Å². The number of carbonyl (C=O) groups is 1. The average molecular weight is 370 g/mol. The molecule has 22 heavy (non-hydrogen) atoms. The Bertz CT molecular complexity index is 618. The minimum absolute atomic E-state index is 0.0170. The number of fused-ring (bicyclic) bond motifs is 3. The summed E-state index contributed by atoms with van der Waals surface area (Å²) in [5.41, 5.74) is 2.47. The molecule has 6 heteroatoms. The van der Waals surface area contributed by atoms with Gasteiger partial charge in [0.05, 0.1) is 30.5 Å². The van der Waals surface area contributed by atoms with Gasteiger partial charge in [0, 0.05) is 16.4 Å². The normalized spacial score (nSPS) is 29.7. The first-order chi connectivity index (χ1) is 10.4. The van der Waals surface area contributed by atoms with Crippen LogP contribution in [0, 0.1) is 0 Å². The molecule has 1 aromatic carbocycles. The number of hydrogen-bond donors (Lipinski definition) is 2. The molecule has 1 heterocycles. The van der Waals surface area contributed by atoms with Crippen molar-refractivity contribution in [2.75, 3.05) is 12.0 Å². The number of esters is 1. The van der Waals surface area contributed by atoms with Crippen LogP contribution in [0.3, 0.4) is 0 Å². The van der Waals surface area contributed by atoms with Crippen molar-refractivity contribution in [1.82, 2.24) is 0 Å². The largest absolute Gasteiger partial charge is 0.465 e. The minimum Gasteiger partial charge on any atom is -0.465 e. The SMILES string of the molecule is COC(=O)c1cc(Br)c2c(c1)C1CC(O)C(O)C1N2C(C)C. The van der Waals surface area contributed by atoms with Crippen LogP contribution in [0.15, 0.2) is 16.6 Å². The van der Waals surface area contributed by atoms with Gasteiger partial charge in [-0.05, 0) is 53.9 Å². The van der Waals surface area contributed by atoms with Crippen molar-refractivity contribution < 1.29 is 19.7 Å². The fraction of sp³-hybridized carbons (Fsp3) is 0.562. The molecule has 4 atom stereocenters. The fourth-order valence-corrected chi connectivity index (χ4v) is 4.52. The topological polar surface area (TPSA) is 70.0 Å². The Hall–Kier alpha value is -1.11. The van der Waals surface area contributed by atoms with E-state index in [9.17, 15) is 15.0 Å². The van der Waals surface area contributed by atoms with Gasteiger partial charge < -0.3 is 19.8 Å². The lowest BCUT2D eigenvalue weighted by atomic mass is 9.95. The first kappa shape index (κ1) is 15.8. The predicted molar refractivity (Wildman–Crippen MR) is 86.3 cm³/mol. The van der Waals surface area contributed by atoms with E-state index >= 15 is 0 Å². The van der Waals surface area contributed by atoms with Crippen LogP contribution >= 0.6 is 15.9 Å². The molecular weight excluding hydrogens is 350 g/mol. The number of ether oxygens (including phenoxy) is 1. The standard InChI is InChI=1S/C16H20BrNO4/c1-7(2)18-13-9(10-6-12(19)15(20)14(10)18)4-8(5-11(13)17)16(21)22-3/h4-5,7,10,12,14-15,19-20H,6H2,1-3H3. The van der Waals surface area contributed by atoms with Crippen molar-refractivity contribution >= 4 is 27.6 Å². The van der Waals surface area contributed by atoms with E-state index in [1.807, 2.05) is 6.07 Å². The second-order valence-corrected chi connectivity index (χ2v) is 7.13. The van der Waals surface area contributed by atoms with E-state index in [1.165, 1.54) is 7.11 Å². The zero-order valence-corrected chi connectivity index (χ0v) is 14.4. The molecule has 5 nitrogen and oxygen atoms in total. The third-order valence-electron chi connectivity index (χ3n) is 4.70. The number of methoxy groups -OCH3 is 1. The van der Waals surface area contributed by atoms with Crippen LogP contribution in [0.4, 0.5) is 5.69 Å². The Labute approximate surface area is 138 Å². The molecule has 3 rings (SSSR count). The van der Waals surface area contributed by atoms with E-state index < -0.39 is 12.2 Å². The van der Waals surface area contributed by atoms with Crippen LogP contribution in [0.1, 0.15) is 42.1 Å². The number of anilines is 1. The summed E-state index contributed by atoms with van der Waals surface area (Å²) in [7, 11) is 1.36. The molecular formula is C16H20BrNO4. The lowest BCUT2D eigenvalue weighted by molar-refractivity contribution is 0.0342. The van der Waals surface area contributed by atoms with E-state index in [1.54, 1.807) is 6.07 Å². The van der Waals surface area contributed by atoms with Gasteiger partial charge in [-0.25, -0.2) is 4.79 Å². The van der Waals surface area contributed by atoms with E-state index in [-0.39, 0.29) is 24.0 Å². The molecule has 2 N–H and O–H groups in total. The van der Waals surface area contributed by atoms with Gasteiger partial charge in [-0.15, -0.1) is 0 Å². The van der Waals surface area contributed by atoms with Gasteiger partial charge in [0.2, 0.25) is 0 Å². The molecule has 0 amide bonds. The molecule has 0 aromatic heterocycles. The Balaban J connectivity index is 2.15. The van der Waals surface area contributed by atoms with Gasteiger partial charge in [0.25, 0.3) is 0 Å². The molecule has 0 bridgehead atoms. The van der Waals surface area contributed by atoms with Crippen LogP contribution in [0.5, 0.6) is 0 Å². The number of aliphatic hydroxyl groups excluding tert-OH is 2. The first-order valence-electron chi connectivity index (χ1n) is 7.43. The van der Waals surface area contributed by atoms with Crippen molar-refractivity contribution in [3.05, 3.63) is 27.7 Å². The minimum atomic E-state index is -0.784. The molecule has 2 aliphatic rings. The van der Waals surface area contributed by atoms with E-state index in [4.69, 9.17) is 4.74 Å². The monoisotopic (exact) mass is 369 g/mol. The summed E-state index contributed by atoms with van der Waals surface area (Å²) in [6, 6.07) is 3.60. The van der Waals surface area contributed by atoms with E-state index in [0.717, 1.165) is 15.7 Å². The Morgan fingerprint density at radius 2 is 2.09 bits per heavy atom. The first-order valence-corrected chi connectivity index (χ1v) is 8.22. The van der Waals surface area contributed by atoms with Crippen LogP contribution < -0.4 is 4.90 Å². The van der Waals surface area contributed by atoms with Crippen molar-refractivity contribution in [2.24, 2.45) is 0 Å². The highest BCUT2D eigenvalue weighted by atomic mass is 79.9. The second-order valence-electron chi connectivity index (χ2n) is 6.28. The molecule has 1 saturated carbocycles. The van der Waals surface area contributed by atoms with Gasteiger partial charge in [0.1, 0.15) is 6.10 Å². The molecule has 1 aliphatic carbocycles. The maximum absolute atomic E-state index is 11.8. The number of rotatable bonds is 2. The average Bonchev–Trinajstić information content (AvgIpc) is 2.94. The second kappa shape index (κ2) is 5.51. The Kier molecular flexibility index (Phi) is 3.95. The number of nitrogens with zero attached hydrogens (tertiary/aromatic N) is 1. The van der Waals surface area contributed by atoms with Gasteiger partial charge >= 0.3 is 5.97 Å². The van der Waals surface area contributed by atoms with Gasteiger partial charge in [0.15, 0.2) is 0 Å². The molecule has 4 unspecified atom stereocenters. The number of aliphatic hydroxyl groups is 2. The predicted octanol–water partition coefficient (Wildman–Crippen LogP) is 2.04. The van der Waals surface area contributed by atoms with Crippen LogP contribution in [-0.4, -0.2) is 47.6 Å². The summed E-state index contributed by atoms with van der Waals surface area (Å²) in [5, 5.41) is 20.4. The summed E-state index contributed by atoms with van der Waals surface area (Å²) in [6.07, 6.45) is -1.02. The Morgan fingerprint density at radius 1 is 1.41 bits per heavy atom. The third kappa shape index (κ3) is 2.16. The molecule has 1 aliphatic heterocycles. The van der Waals surface area contributed by atoms with Crippen molar-refractivity contribution in [2.45, 2.75) is 50.5 Å². The lowest BCUT2D eigenvalue weighted by Gasteiger charge is -2.34. The van der Waals surface area contributed by atoms with E-state index in [0.29, 0.717) is 12.0 Å². The summed E-state index contributed by atoms with van der Waals surface area (Å²) < 4.78 is 5.62. The number of benzene rings is 1. The van der Waals surface area contributed by atoms with Gasteiger partial charge in [-0.2, -0.15) is 0 Å². The fourth-order valence-electron chi connectivity index (χ4n) is 3.84. The Morgan fingerprint density at radius 3 is 2.68 bits per heavy atom. The number of carbonyl (C=O) groups excluding carboxylic acids is 1. The summed E-state index contributed by atoms with van der Waals surface area (Å²) >= 11 is 3.55. The smallest absolute Gasteiger partial charge is 0.337 e. The summed E-state index contributed by atoms with van der Waals surface area (Å²) in [5.74, 6) is -0.370. The zero-order chi connectivity index (χ0) is 16.2. The molecule has 0 saturated heterocycles. The van der Waals surface area contributed by atoms with Gasteiger partial charge in [-0.1, -0.05) is 0 Å². The molecule has 1 aromatic rings. The number of halogens is 1. The maximum Gasteiger partial charge on any atom is 0.337 e. The summed E-state index contributed by atoms with van der Waals surface area (Å²) in [4.78, 5) is 14.0. The molecule has 0 radical (unpaired) electrons. The molecule has 120 valence electrons. The van der Waals surface area contributed by atoms with Crippen molar-refractivity contribution in [1.29, 1.82) is 0 Å². The van der Waals surface area contributed by atoms with Crippen LogP contribution in [0.2, 0.25) is 0 Å². The maximum atomic E-state index is 11.8. The molecule has 0 spiro atoms. The summed E-state index contributed by atoms with van der Waals surface area (Å²) in [6.45, 7) is 4.12. The van der Waals surface area contributed by atoms with E-state index in [2.05, 4.69) is 34.7 Å². The van der Waals surface area contributed by atoms with Crippen molar-refractivity contribution in [3.8, 4) is 0 Å². The lowest BCUT2D eigenvalue weighted by Crippen LogP contribution is -2.46.